The first-order chi connectivity index (χ1) is 8.08. The fraction of sp³-hybridized carbons (Fsp3) is 0.545. The summed E-state index contributed by atoms with van der Waals surface area (Å²) >= 11 is 0. The number of aliphatic carboxylic acids is 1. The summed E-state index contributed by atoms with van der Waals surface area (Å²) in [6, 6.07) is 0. The van der Waals surface area contributed by atoms with Crippen LogP contribution < -0.4 is 5.69 Å². The van der Waals surface area contributed by atoms with Crippen LogP contribution >= 0.6 is 0 Å². The number of carbonyl (C=O) groups is 1. The Labute approximate surface area is 98.2 Å². The van der Waals surface area contributed by atoms with Crippen LogP contribution in [0.4, 0.5) is 0 Å². The fourth-order valence-corrected chi connectivity index (χ4v) is 2.04. The van der Waals surface area contributed by atoms with Crippen molar-refractivity contribution >= 4 is 5.97 Å². The second-order valence-corrected chi connectivity index (χ2v) is 4.29. The summed E-state index contributed by atoms with van der Waals surface area (Å²) in [5, 5.41) is 12.8. The van der Waals surface area contributed by atoms with E-state index < -0.39 is 5.97 Å². The van der Waals surface area contributed by atoms with Gasteiger partial charge < -0.3 is 5.11 Å². The molecule has 0 aromatic carbocycles. The summed E-state index contributed by atoms with van der Waals surface area (Å²) < 4.78 is 3.02. The van der Waals surface area contributed by atoms with E-state index in [1.165, 1.54) is 4.68 Å². The van der Waals surface area contributed by atoms with Crippen LogP contribution in [-0.4, -0.2) is 25.4 Å². The van der Waals surface area contributed by atoms with E-state index in [4.69, 9.17) is 5.11 Å². The van der Waals surface area contributed by atoms with Gasteiger partial charge in [-0.25, -0.2) is 14.3 Å². The zero-order valence-electron chi connectivity index (χ0n) is 9.72. The van der Waals surface area contributed by atoms with Gasteiger partial charge in [0.1, 0.15) is 5.82 Å². The molecule has 92 valence electrons. The molecule has 1 aromatic rings. The molecule has 0 unspecified atom stereocenters. The zero-order valence-corrected chi connectivity index (χ0v) is 9.72. The molecule has 0 saturated carbocycles. The van der Waals surface area contributed by atoms with Crippen molar-refractivity contribution in [1.29, 1.82) is 0 Å². The molecule has 0 spiro atoms. The maximum Gasteiger partial charge on any atom is 0.346 e. The molecule has 1 aliphatic rings. The molecule has 17 heavy (non-hydrogen) atoms. The molecule has 0 atom stereocenters. The number of carboxylic acid groups (broad SMARTS) is 1. The second kappa shape index (κ2) is 4.57. The molecule has 1 N–H and O–H groups in total. The highest BCUT2D eigenvalue weighted by Crippen LogP contribution is 2.09. The minimum atomic E-state index is -1.00. The molecule has 1 aliphatic heterocycles. The quantitative estimate of drug-likeness (QED) is 0.772. The first-order valence-electron chi connectivity index (χ1n) is 5.64. The molecule has 2 heterocycles. The Morgan fingerprint density at radius 1 is 1.53 bits per heavy atom. The third-order valence-electron chi connectivity index (χ3n) is 2.80. The highest BCUT2D eigenvalue weighted by Gasteiger charge is 2.16. The Bertz CT molecular complexity index is 525. The summed E-state index contributed by atoms with van der Waals surface area (Å²) in [6.45, 7) is 2.64. The summed E-state index contributed by atoms with van der Waals surface area (Å²) in [4.78, 5) is 22.4. The van der Waals surface area contributed by atoms with Gasteiger partial charge in [-0.15, -0.1) is 0 Å². The molecule has 6 heteroatoms. The van der Waals surface area contributed by atoms with Crippen molar-refractivity contribution in [2.45, 2.75) is 39.3 Å². The number of carboxylic acids is 1. The van der Waals surface area contributed by atoms with Crippen LogP contribution in [-0.2, 0) is 24.3 Å². The zero-order chi connectivity index (χ0) is 12.4. The van der Waals surface area contributed by atoms with E-state index in [1.54, 1.807) is 11.5 Å². The lowest BCUT2D eigenvalue weighted by molar-refractivity contribution is -0.131. The molecule has 0 aliphatic carbocycles. The summed E-state index contributed by atoms with van der Waals surface area (Å²) in [5.74, 6) is -0.191. The van der Waals surface area contributed by atoms with Crippen LogP contribution in [0, 0.1) is 0 Å². The van der Waals surface area contributed by atoms with Crippen LogP contribution in [0.15, 0.2) is 16.4 Å². The van der Waals surface area contributed by atoms with E-state index in [9.17, 15) is 9.59 Å². The summed E-state index contributed by atoms with van der Waals surface area (Å²) in [6.07, 6.45) is 3.98. The minimum Gasteiger partial charge on any atom is -0.478 e. The topological polar surface area (TPSA) is 77.1 Å². The smallest absolute Gasteiger partial charge is 0.346 e. The monoisotopic (exact) mass is 237 g/mol. The SMILES string of the molecule is C/C(=C\C(=O)O)Cn1nc2n(c1=O)CCCC2. The predicted molar refractivity (Wildman–Crippen MR) is 60.8 cm³/mol. The number of hydrogen-bond acceptors (Lipinski definition) is 3. The van der Waals surface area contributed by atoms with Gasteiger partial charge in [0.05, 0.1) is 6.54 Å². The largest absolute Gasteiger partial charge is 0.478 e. The van der Waals surface area contributed by atoms with Gasteiger partial charge in [-0.2, -0.15) is 5.10 Å². The van der Waals surface area contributed by atoms with Gasteiger partial charge in [0.2, 0.25) is 0 Å². The first-order valence-corrected chi connectivity index (χ1v) is 5.64. The Balaban J connectivity index is 2.26. The Morgan fingerprint density at radius 2 is 2.29 bits per heavy atom. The van der Waals surface area contributed by atoms with E-state index in [0.717, 1.165) is 37.7 Å². The van der Waals surface area contributed by atoms with Gasteiger partial charge in [0, 0.05) is 19.0 Å². The lowest BCUT2D eigenvalue weighted by Gasteiger charge is -2.09. The van der Waals surface area contributed by atoms with Crippen molar-refractivity contribution in [2.75, 3.05) is 0 Å². The van der Waals surface area contributed by atoms with Crippen LogP contribution in [0.25, 0.3) is 0 Å². The standard InChI is InChI=1S/C11H15N3O3/c1-8(6-10(15)16)7-14-11(17)13-5-3-2-4-9(13)12-14/h6H,2-5,7H2,1H3,(H,15,16)/b8-6+. The highest BCUT2D eigenvalue weighted by molar-refractivity contribution is 5.80. The van der Waals surface area contributed by atoms with Gasteiger partial charge in [0.25, 0.3) is 0 Å². The number of fused-ring (bicyclic) bond motifs is 1. The van der Waals surface area contributed by atoms with E-state index in [-0.39, 0.29) is 12.2 Å². The predicted octanol–water partition coefficient (Wildman–Crippen LogP) is 0.412. The second-order valence-electron chi connectivity index (χ2n) is 4.29. The molecule has 0 bridgehead atoms. The van der Waals surface area contributed by atoms with E-state index in [1.807, 2.05) is 0 Å². The third-order valence-corrected chi connectivity index (χ3v) is 2.80. The maximum atomic E-state index is 11.9. The number of rotatable bonds is 3. The van der Waals surface area contributed by atoms with Crippen LogP contribution in [0.5, 0.6) is 0 Å². The maximum absolute atomic E-state index is 11.9. The number of allylic oxidation sites excluding steroid dienone is 1. The van der Waals surface area contributed by atoms with Crippen LogP contribution in [0.1, 0.15) is 25.6 Å². The van der Waals surface area contributed by atoms with Crippen molar-refractivity contribution in [3.8, 4) is 0 Å². The summed E-state index contributed by atoms with van der Waals surface area (Å²) in [7, 11) is 0. The van der Waals surface area contributed by atoms with Crippen molar-refractivity contribution < 1.29 is 9.90 Å². The molecule has 0 fully saturated rings. The third kappa shape index (κ3) is 2.46. The van der Waals surface area contributed by atoms with Gasteiger partial charge in [0.15, 0.2) is 0 Å². The average Bonchev–Trinajstić information content (AvgIpc) is 2.55. The molecule has 6 nitrogen and oxygen atoms in total. The molecule has 1 aromatic heterocycles. The molecular weight excluding hydrogens is 222 g/mol. The van der Waals surface area contributed by atoms with Gasteiger partial charge >= 0.3 is 11.7 Å². The fourth-order valence-electron chi connectivity index (χ4n) is 2.04. The van der Waals surface area contributed by atoms with Crippen molar-refractivity contribution in [1.82, 2.24) is 14.3 Å². The Kier molecular flexibility index (Phi) is 3.12. The van der Waals surface area contributed by atoms with Gasteiger partial charge in [-0.3, -0.25) is 4.57 Å². The number of aromatic nitrogens is 3. The van der Waals surface area contributed by atoms with Crippen molar-refractivity contribution in [2.24, 2.45) is 0 Å². The van der Waals surface area contributed by atoms with Crippen molar-refractivity contribution in [3.63, 3.8) is 0 Å². The number of aryl methyl sites for hydroxylation is 1. The van der Waals surface area contributed by atoms with Gasteiger partial charge in [-0.1, -0.05) is 0 Å². The van der Waals surface area contributed by atoms with E-state index in [0.29, 0.717) is 5.57 Å². The molecule has 0 amide bonds. The number of hydrogen-bond donors (Lipinski definition) is 1. The molecular formula is C11H15N3O3. The van der Waals surface area contributed by atoms with E-state index >= 15 is 0 Å². The summed E-state index contributed by atoms with van der Waals surface area (Å²) in [5.41, 5.74) is 0.466. The molecule has 0 radical (unpaired) electrons. The average molecular weight is 237 g/mol. The number of nitrogens with zero attached hydrogens (tertiary/aromatic N) is 3. The first kappa shape index (κ1) is 11.6. The Hall–Kier alpha value is -1.85. The van der Waals surface area contributed by atoms with Gasteiger partial charge in [-0.05, 0) is 25.3 Å². The van der Waals surface area contributed by atoms with E-state index in [2.05, 4.69) is 5.10 Å². The Morgan fingerprint density at radius 3 is 2.94 bits per heavy atom. The van der Waals surface area contributed by atoms with Crippen molar-refractivity contribution in [3.05, 3.63) is 28.0 Å². The molecule has 2 rings (SSSR count). The highest BCUT2D eigenvalue weighted by atomic mass is 16.4. The molecule has 0 saturated heterocycles. The van der Waals surface area contributed by atoms with Crippen LogP contribution in [0.3, 0.4) is 0 Å². The normalized spacial score (nSPS) is 15.7. The van der Waals surface area contributed by atoms with Crippen LogP contribution in [0.2, 0.25) is 0 Å². The minimum absolute atomic E-state index is 0.141. The lowest BCUT2D eigenvalue weighted by atomic mass is 10.2. The lowest BCUT2D eigenvalue weighted by Crippen LogP contribution is -2.27.